The molecule has 2 rings (SSSR count). The minimum absolute atomic E-state index is 0. The number of carbonyl (C=O) groups excluding carboxylic acids is 1. The Hall–Kier alpha value is -1.04. The lowest BCUT2D eigenvalue weighted by Crippen LogP contribution is -2.29. The molecule has 2 N–H and O–H groups in total. The summed E-state index contributed by atoms with van der Waals surface area (Å²) in [5.41, 5.74) is 1.88. The van der Waals surface area contributed by atoms with Crippen LogP contribution in [0.25, 0.3) is 0 Å². The largest absolute Gasteiger partial charge is 0.491 e. The molecule has 22 heavy (non-hydrogen) atoms. The van der Waals surface area contributed by atoms with E-state index in [2.05, 4.69) is 32.6 Å². The number of benzene rings is 1. The number of carbonyl (C=O) groups is 1. The minimum atomic E-state index is -0.0793. The molecule has 1 heterocycles. The van der Waals surface area contributed by atoms with Gasteiger partial charge in [0, 0.05) is 23.1 Å². The summed E-state index contributed by atoms with van der Waals surface area (Å²) in [4.78, 5) is 12.2. The molecule has 0 atom stereocenters. The van der Waals surface area contributed by atoms with Gasteiger partial charge in [-0.3, -0.25) is 4.79 Å². The number of amides is 1. The molecule has 6 heteroatoms. The SMILES string of the molecule is CC(C)Oc1cc(Br)cc(C(=O)NCC2=CCNCC2)c1.Cl. The van der Waals surface area contributed by atoms with E-state index >= 15 is 0 Å². The first kappa shape index (κ1) is 19.0. The molecule has 0 bridgehead atoms. The highest BCUT2D eigenvalue weighted by Gasteiger charge is 2.11. The second-order valence-corrected chi connectivity index (χ2v) is 6.26. The topological polar surface area (TPSA) is 50.4 Å². The predicted molar refractivity (Wildman–Crippen MR) is 95.1 cm³/mol. The molecule has 0 saturated heterocycles. The number of halogens is 2. The van der Waals surface area contributed by atoms with Gasteiger partial charge in [0.1, 0.15) is 5.75 Å². The molecule has 0 aliphatic carbocycles. The average molecular weight is 390 g/mol. The highest BCUT2D eigenvalue weighted by Crippen LogP contribution is 2.22. The highest BCUT2D eigenvalue weighted by molar-refractivity contribution is 9.10. The number of ether oxygens (including phenoxy) is 1. The van der Waals surface area contributed by atoms with Crippen LogP contribution in [0.5, 0.6) is 5.75 Å². The van der Waals surface area contributed by atoms with Crippen LogP contribution in [0.3, 0.4) is 0 Å². The van der Waals surface area contributed by atoms with Gasteiger partial charge in [-0.15, -0.1) is 12.4 Å². The maximum absolute atomic E-state index is 12.2. The first-order chi connectivity index (χ1) is 10.0. The fourth-order valence-electron chi connectivity index (χ4n) is 2.16. The second-order valence-electron chi connectivity index (χ2n) is 5.34. The zero-order valence-corrected chi connectivity index (χ0v) is 15.2. The average Bonchev–Trinajstić information content (AvgIpc) is 2.44. The summed E-state index contributed by atoms with van der Waals surface area (Å²) in [6.45, 7) is 6.39. The molecule has 0 saturated carbocycles. The quantitative estimate of drug-likeness (QED) is 0.760. The molecule has 0 aromatic heterocycles. The zero-order valence-electron chi connectivity index (χ0n) is 12.8. The molecule has 122 valence electrons. The second kappa shape index (κ2) is 9.18. The van der Waals surface area contributed by atoms with Gasteiger partial charge in [-0.2, -0.15) is 0 Å². The van der Waals surface area contributed by atoms with E-state index in [-0.39, 0.29) is 24.4 Å². The summed E-state index contributed by atoms with van der Waals surface area (Å²) in [6, 6.07) is 5.45. The Morgan fingerprint density at radius 3 is 2.82 bits per heavy atom. The summed E-state index contributed by atoms with van der Waals surface area (Å²) < 4.78 is 6.49. The molecular formula is C16H22BrClN2O2. The number of nitrogens with one attached hydrogen (secondary N) is 2. The maximum Gasteiger partial charge on any atom is 0.251 e. The van der Waals surface area contributed by atoms with Crippen molar-refractivity contribution < 1.29 is 9.53 Å². The molecule has 1 amide bonds. The minimum Gasteiger partial charge on any atom is -0.491 e. The van der Waals surface area contributed by atoms with Crippen LogP contribution < -0.4 is 15.4 Å². The number of rotatable bonds is 5. The molecule has 0 fully saturated rings. The third-order valence-electron chi connectivity index (χ3n) is 3.14. The molecule has 0 unspecified atom stereocenters. The van der Waals surface area contributed by atoms with Gasteiger partial charge >= 0.3 is 0 Å². The van der Waals surface area contributed by atoms with Crippen molar-refractivity contribution in [3.8, 4) is 5.75 Å². The van der Waals surface area contributed by atoms with Crippen molar-refractivity contribution in [2.75, 3.05) is 19.6 Å². The normalized spacial score (nSPS) is 14.1. The van der Waals surface area contributed by atoms with Crippen LogP contribution in [0.2, 0.25) is 0 Å². The van der Waals surface area contributed by atoms with Crippen LogP contribution in [0.4, 0.5) is 0 Å². The zero-order chi connectivity index (χ0) is 15.2. The Bertz CT molecular complexity index is 547. The summed E-state index contributed by atoms with van der Waals surface area (Å²) >= 11 is 3.42. The monoisotopic (exact) mass is 388 g/mol. The third-order valence-corrected chi connectivity index (χ3v) is 3.60. The van der Waals surface area contributed by atoms with Gasteiger partial charge in [0.25, 0.3) is 5.91 Å². The van der Waals surface area contributed by atoms with Crippen molar-refractivity contribution in [1.82, 2.24) is 10.6 Å². The van der Waals surface area contributed by atoms with E-state index in [0.29, 0.717) is 17.9 Å². The van der Waals surface area contributed by atoms with Crippen LogP contribution >= 0.6 is 28.3 Å². The molecule has 0 spiro atoms. The molecule has 0 radical (unpaired) electrons. The Balaban J connectivity index is 0.00000242. The Kier molecular flexibility index (Phi) is 7.93. The standard InChI is InChI=1S/C16H21BrN2O2.ClH/c1-11(2)21-15-8-13(7-14(17)9-15)16(20)19-10-12-3-5-18-6-4-12;/h3,7-9,11,18H,4-6,10H2,1-2H3,(H,19,20);1H. The Morgan fingerprint density at radius 1 is 1.41 bits per heavy atom. The van der Waals surface area contributed by atoms with Gasteiger partial charge in [0.2, 0.25) is 0 Å². The maximum atomic E-state index is 12.2. The Labute approximate surface area is 146 Å². The van der Waals surface area contributed by atoms with Crippen LogP contribution in [0, 0.1) is 0 Å². The van der Waals surface area contributed by atoms with Crippen molar-refractivity contribution in [3.05, 3.63) is 39.9 Å². The highest BCUT2D eigenvalue weighted by atomic mass is 79.9. The summed E-state index contributed by atoms with van der Waals surface area (Å²) in [5.74, 6) is 0.620. The van der Waals surface area contributed by atoms with Crippen LogP contribution in [0.1, 0.15) is 30.6 Å². The first-order valence-corrected chi connectivity index (χ1v) is 7.98. The third kappa shape index (κ3) is 5.99. The van der Waals surface area contributed by atoms with Crippen molar-refractivity contribution in [2.45, 2.75) is 26.4 Å². The molecule has 1 aliphatic heterocycles. The number of hydrogen-bond donors (Lipinski definition) is 2. The fourth-order valence-corrected chi connectivity index (χ4v) is 2.63. The van der Waals surface area contributed by atoms with E-state index in [0.717, 1.165) is 24.0 Å². The van der Waals surface area contributed by atoms with Crippen molar-refractivity contribution in [3.63, 3.8) is 0 Å². The lowest BCUT2D eigenvalue weighted by Gasteiger charge is -2.15. The van der Waals surface area contributed by atoms with Crippen molar-refractivity contribution in [1.29, 1.82) is 0 Å². The van der Waals surface area contributed by atoms with Gasteiger partial charge < -0.3 is 15.4 Å². The summed E-state index contributed by atoms with van der Waals surface area (Å²) in [6.07, 6.45) is 3.20. The fraction of sp³-hybridized carbons (Fsp3) is 0.438. The molecule has 1 aliphatic rings. The molecule has 1 aromatic rings. The van der Waals surface area contributed by atoms with Crippen molar-refractivity contribution in [2.24, 2.45) is 0 Å². The van der Waals surface area contributed by atoms with Crippen molar-refractivity contribution >= 4 is 34.2 Å². The summed E-state index contributed by atoms with van der Waals surface area (Å²) in [7, 11) is 0. The van der Waals surface area contributed by atoms with Gasteiger partial charge in [0.05, 0.1) is 6.10 Å². The number of hydrogen-bond acceptors (Lipinski definition) is 3. The van der Waals surface area contributed by atoms with E-state index in [4.69, 9.17) is 4.74 Å². The lowest BCUT2D eigenvalue weighted by molar-refractivity contribution is 0.0955. The molecular weight excluding hydrogens is 368 g/mol. The molecule has 1 aromatic carbocycles. The van der Waals surface area contributed by atoms with E-state index in [1.54, 1.807) is 12.1 Å². The van der Waals surface area contributed by atoms with Gasteiger partial charge in [0.15, 0.2) is 0 Å². The van der Waals surface area contributed by atoms with Crippen LogP contribution in [-0.4, -0.2) is 31.6 Å². The van der Waals surface area contributed by atoms with E-state index in [1.807, 2.05) is 19.9 Å². The van der Waals surface area contributed by atoms with Crippen LogP contribution in [-0.2, 0) is 0 Å². The van der Waals surface area contributed by atoms with E-state index in [9.17, 15) is 4.79 Å². The van der Waals surface area contributed by atoms with Gasteiger partial charge in [-0.05, 0) is 45.0 Å². The van der Waals surface area contributed by atoms with Crippen LogP contribution in [0.15, 0.2) is 34.3 Å². The molecule has 4 nitrogen and oxygen atoms in total. The smallest absolute Gasteiger partial charge is 0.251 e. The Morgan fingerprint density at radius 2 is 2.18 bits per heavy atom. The van der Waals surface area contributed by atoms with E-state index < -0.39 is 0 Å². The van der Waals surface area contributed by atoms with E-state index in [1.165, 1.54) is 5.57 Å². The summed E-state index contributed by atoms with van der Waals surface area (Å²) in [5, 5.41) is 6.22. The lowest BCUT2D eigenvalue weighted by atomic mass is 10.1. The van der Waals surface area contributed by atoms with Gasteiger partial charge in [-0.1, -0.05) is 27.6 Å². The van der Waals surface area contributed by atoms with Gasteiger partial charge in [-0.25, -0.2) is 0 Å². The predicted octanol–water partition coefficient (Wildman–Crippen LogP) is 3.31. The first-order valence-electron chi connectivity index (χ1n) is 7.18.